The van der Waals surface area contributed by atoms with E-state index in [1.165, 1.54) is 5.56 Å². The SMILES string of the molecule is CC(C)(C)c1ccc(C(=O)NC[C@@](C)(O)C2CC2)cc1. The molecule has 1 atom stereocenters. The highest BCUT2D eigenvalue weighted by atomic mass is 16.3. The summed E-state index contributed by atoms with van der Waals surface area (Å²) in [4.78, 5) is 12.1. The molecule has 3 nitrogen and oxygen atoms in total. The highest BCUT2D eigenvalue weighted by Gasteiger charge is 2.39. The maximum Gasteiger partial charge on any atom is 0.251 e. The Labute approximate surface area is 121 Å². The van der Waals surface area contributed by atoms with Crippen LogP contribution in [-0.4, -0.2) is 23.2 Å². The number of carbonyl (C=O) groups is 1. The number of hydrogen-bond donors (Lipinski definition) is 2. The second-order valence-electron chi connectivity index (χ2n) is 7.14. The van der Waals surface area contributed by atoms with Crippen LogP contribution in [0.5, 0.6) is 0 Å². The molecule has 0 radical (unpaired) electrons. The minimum atomic E-state index is -0.777. The van der Waals surface area contributed by atoms with Gasteiger partial charge in [-0.1, -0.05) is 32.9 Å². The van der Waals surface area contributed by atoms with Gasteiger partial charge in [-0.05, 0) is 48.8 Å². The Morgan fingerprint density at radius 3 is 2.20 bits per heavy atom. The maximum atomic E-state index is 12.1. The first kappa shape index (κ1) is 15.0. The van der Waals surface area contributed by atoms with Crippen LogP contribution in [-0.2, 0) is 5.41 Å². The lowest BCUT2D eigenvalue weighted by molar-refractivity contribution is 0.0354. The summed E-state index contributed by atoms with van der Waals surface area (Å²) in [6.45, 7) is 8.56. The summed E-state index contributed by atoms with van der Waals surface area (Å²) in [6, 6.07) is 7.69. The zero-order valence-corrected chi connectivity index (χ0v) is 12.9. The molecule has 20 heavy (non-hydrogen) atoms. The third-order valence-electron chi connectivity index (χ3n) is 4.08. The van der Waals surface area contributed by atoms with Crippen molar-refractivity contribution < 1.29 is 9.90 Å². The lowest BCUT2D eigenvalue weighted by atomic mass is 9.86. The highest BCUT2D eigenvalue weighted by Crippen LogP contribution is 2.39. The van der Waals surface area contributed by atoms with E-state index >= 15 is 0 Å². The number of carbonyl (C=O) groups excluding carboxylic acids is 1. The minimum Gasteiger partial charge on any atom is -0.388 e. The third-order valence-corrected chi connectivity index (χ3v) is 4.08. The third kappa shape index (κ3) is 3.60. The first-order valence-electron chi connectivity index (χ1n) is 7.31. The zero-order chi connectivity index (χ0) is 15.0. The quantitative estimate of drug-likeness (QED) is 0.887. The van der Waals surface area contributed by atoms with Gasteiger partial charge in [-0.25, -0.2) is 0 Å². The first-order chi connectivity index (χ1) is 9.20. The maximum absolute atomic E-state index is 12.1. The Morgan fingerprint density at radius 2 is 1.75 bits per heavy atom. The molecule has 2 rings (SSSR count). The number of benzene rings is 1. The molecule has 0 saturated heterocycles. The molecule has 1 fully saturated rings. The molecule has 0 spiro atoms. The standard InChI is InChI=1S/C17H25NO2/c1-16(2,3)13-7-5-12(6-8-13)15(19)18-11-17(4,20)14-9-10-14/h5-8,14,20H,9-11H2,1-4H3,(H,18,19)/t17-/m1/s1. The fraction of sp³-hybridized carbons (Fsp3) is 0.588. The highest BCUT2D eigenvalue weighted by molar-refractivity contribution is 5.94. The van der Waals surface area contributed by atoms with Gasteiger partial charge in [-0.2, -0.15) is 0 Å². The van der Waals surface area contributed by atoms with Gasteiger partial charge in [-0.3, -0.25) is 4.79 Å². The van der Waals surface area contributed by atoms with E-state index in [2.05, 4.69) is 26.1 Å². The van der Waals surface area contributed by atoms with Crippen LogP contribution >= 0.6 is 0 Å². The number of rotatable bonds is 4. The summed E-state index contributed by atoms with van der Waals surface area (Å²) in [7, 11) is 0. The van der Waals surface area contributed by atoms with E-state index in [-0.39, 0.29) is 11.3 Å². The molecule has 0 aliphatic heterocycles. The second-order valence-corrected chi connectivity index (χ2v) is 7.14. The Hall–Kier alpha value is -1.35. The van der Waals surface area contributed by atoms with Gasteiger partial charge in [0, 0.05) is 12.1 Å². The Morgan fingerprint density at radius 1 is 1.20 bits per heavy atom. The van der Waals surface area contributed by atoms with Crippen LogP contribution in [0.15, 0.2) is 24.3 Å². The van der Waals surface area contributed by atoms with E-state index in [0.717, 1.165) is 12.8 Å². The average molecular weight is 275 g/mol. The van der Waals surface area contributed by atoms with E-state index in [1.54, 1.807) is 6.92 Å². The van der Waals surface area contributed by atoms with Gasteiger partial charge in [0.15, 0.2) is 0 Å². The van der Waals surface area contributed by atoms with E-state index in [4.69, 9.17) is 0 Å². The van der Waals surface area contributed by atoms with Crippen molar-refractivity contribution in [2.24, 2.45) is 5.92 Å². The predicted molar refractivity (Wildman–Crippen MR) is 80.8 cm³/mol. The Bertz CT molecular complexity index is 479. The van der Waals surface area contributed by atoms with E-state index in [0.29, 0.717) is 18.0 Å². The summed E-state index contributed by atoms with van der Waals surface area (Å²) in [5.41, 5.74) is 1.16. The molecule has 110 valence electrons. The molecular formula is C17H25NO2. The first-order valence-corrected chi connectivity index (χ1v) is 7.31. The fourth-order valence-electron chi connectivity index (χ4n) is 2.33. The summed E-state index contributed by atoms with van der Waals surface area (Å²) in [5.74, 6) is 0.220. The van der Waals surface area contributed by atoms with Crippen LogP contribution in [0, 0.1) is 5.92 Å². The molecule has 3 heteroatoms. The van der Waals surface area contributed by atoms with Crippen LogP contribution in [0.2, 0.25) is 0 Å². The zero-order valence-electron chi connectivity index (χ0n) is 12.9. The molecule has 0 unspecified atom stereocenters. The van der Waals surface area contributed by atoms with Crippen LogP contribution in [0.1, 0.15) is 56.5 Å². The Kier molecular flexibility index (Phi) is 3.92. The molecule has 1 aliphatic rings. The Balaban J connectivity index is 1.95. The monoisotopic (exact) mass is 275 g/mol. The molecule has 1 amide bonds. The van der Waals surface area contributed by atoms with Crippen molar-refractivity contribution in [1.29, 1.82) is 0 Å². The van der Waals surface area contributed by atoms with Gasteiger partial charge < -0.3 is 10.4 Å². The van der Waals surface area contributed by atoms with Gasteiger partial charge in [0.25, 0.3) is 5.91 Å². The van der Waals surface area contributed by atoms with Crippen LogP contribution in [0.3, 0.4) is 0 Å². The lowest BCUT2D eigenvalue weighted by Gasteiger charge is -2.23. The molecule has 0 bridgehead atoms. The van der Waals surface area contributed by atoms with Gasteiger partial charge in [-0.15, -0.1) is 0 Å². The second kappa shape index (κ2) is 5.21. The molecule has 1 saturated carbocycles. The largest absolute Gasteiger partial charge is 0.388 e. The van der Waals surface area contributed by atoms with Gasteiger partial charge in [0.1, 0.15) is 0 Å². The van der Waals surface area contributed by atoms with Crippen LogP contribution in [0.4, 0.5) is 0 Å². The molecule has 1 aromatic carbocycles. The normalized spacial score (nSPS) is 18.4. The fourth-order valence-corrected chi connectivity index (χ4v) is 2.33. The molecule has 0 aromatic heterocycles. The topological polar surface area (TPSA) is 49.3 Å². The number of nitrogens with one attached hydrogen (secondary N) is 1. The molecule has 2 N–H and O–H groups in total. The molecule has 0 heterocycles. The number of aliphatic hydroxyl groups is 1. The molecule has 1 aromatic rings. The summed E-state index contributed by atoms with van der Waals surface area (Å²) in [5, 5.41) is 13.0. The van der Waals surface area contributed by atoms with E-state index in [1.807, 2.05) is 24.3 Å². The van der Waals surface area contributed by atoms with Crippen LogP contribution in [0.25, 0.3) is 0 Å². The van der Waals surface area contributed by atoms with Crippen molar-refractivity contribution in [1.82, 2.24) is 5.32 Å². The number of hydrogen-bond acceptors (Lipinski definition) is 2. The van der Waals surface area contributed by atoms with Gasteiger partial charge in [0.2, 0.25) is 0 Å². The van der Waals surface area contributed by atoms with E-state index in [9.17, 15) is 9.90 Å². The predicted octanol–water partition coefficient (Wildman–Crippen LogP) is 2.87. The van der Waals surface area contributed by atoms with Crippen molar-refractivity contribution in [2.75, 3.05) is 6.54 Å². The smallest absolute Gasteiger partial charge is 0.251 e. The average Bonchev–Trinajstić information content (AvgIpc) is 3.20. The summed E-state index contributed by atoms with van der Waals surface area (Å²) in [6.07, 6.45) is 2.12. The molecule has 1 aliphatic carbocycles. The van der Waals surface area contributed by atoms with Crippen molar-refractivity contribution in [3.63, 3.8) is 0 Å². The summed E-state index contributed by atoms with van der Waals surface area (Å²) < 4.78 is 0. The minimum absolute atomic E-state index is 0.0879. The van der Waals surface area contributed by atoms with Crippen molar-refractivity contribution in [3.8, 4) is 0 Å². The summed E-state index contributed by atoms with van der Waals surface area (Å²) >= 11 is 0. The van der Waals surface area contributed by atoms with E-state index < -0.39 is 5.60 Å². The molecular weight excluding hydrogens is 250 g/mol. The van der Waals surface area contributed by atoms with Crippen molar-refractivity contribution in [2.45, 2.75) is 51.6 Å². The van der Waals surface area contributed by atoms with Crippen molar-refractivity contribution in [3.05, 3.63) is 35.4 Å². The van der Waals surface area contributed by atoms with Crippen molar-refractivity contribution >= 4 is 5.91 Å². The van der Waals surface area contributed by atoms with Crippen LogP contribution < -0.4 is 5.32 Å². The van der Waals surface area contributed by atoms with Gasteiger partial charge >= 0.3 is 0 Å². The number of amides is 1. The van der Waals surface area contributed by atoms with Gasteiger partial charge in [0.05, 0.1) is 5.60 Å². The lowest BCUT2D eigenvalue weighted by Crippen LogP contribution is -2.42.